The maximum Gasteiger partial charge on any atom is 0.191 e. The minimum atomic E-state index is 0. The van der Waals surface area contributed by atoms with Crippen molar-refractivity contribution < 1.29 is 4.74 Å². The molecule has 1 atom stereocenters. The lowest BCUT2D eigenvalue weighted by atomic mass is 10.1. The van der Waals surface area contributed by atoms with Crippen LogP contribution in [-0.4, -0.2) is 74.2 Å². The Morgan fingerprint density at radius 2 is 1.87 bits per heavy atom. The number of nitrogens with zero attached hydrogens (tertiary/aromatic N) is 3. The van der Waals surface area contributed by atoms with Crippen molar-refractivity contribution in [3.05, 3.63) is 29.3 Å². The number of nitrogens with one attached hydrogen (secondary N) is 2. The number of hydrogen-bond donors (Lipinski definition) is 2. The molecule has 176 valence electrons. The molecule has 1 saturated heterocycles. The number of hydrogen-bond acceptors (Lipinski definition) is 4. The Hall–Kier alpha value is -1.06. The molecule has 1 aliphatic carbocycles. The predicted octanol–water partition coefficient (Wildman–Crippen LogP) is 3.63. The molecular formula is C24H42IN5O. The molecular weight excluding hydrogens is 501 g/mol. The maximum absolute atomic E-state index is 6.35. The van der Waals surface area contributed by atoms with Crippen LogP contribution in [0.3, 0.4) is 0 Å². The van der Waals surface area contributed by atoms with Gasteiger partial charge in [-0.1, -0.05) is 12.1 Å². The highest BCUT2D eigenvalue weighted by Gasteiger charge is 2.20. The van der Waals surface area contributed by atoms with Crippen molar-refractivity contribution in [1.29, 1.82) is 0 Å². The van der Waals surface area contributed by atoms with Crippen LogP contribution in [0, 0.1) is 6.92 Å². The lowest BCUT2D eigenvalue weighted by Gasteiger charge is -2.36. The molecule has 0 amide bonds. The van der Waals surface area contributed by atoms with E-state index in [0.717, 1.165) is 56.5 Å². The van der Waals surface area contributed by atoms with Crippen LogP contribution < -0.4 is 15.4 Å². The third-order valence-electron chi connectivity index (χ3n) is 6.30. The number of ether oxygens (including phenoxy) is 1. The summed E-state index contributed by atoms with van der Waals surface area (Å²) in [5, 5.41) is 6.94. The Morgan fingerprint density at radius 1 is 1.16 bits per heavy atom. The van der Waals surface area contributed by atoms with E-state index in [-0.39, 0.29) is 24.0 Å². The summed E-state index contributed by atoms with van der Waals surface area (Å²) in [5.41, 5.74) is 2.40. The van der Waals surface area contributed by atoms with Crippen molar-refractivity contribution in [3.8, 4) is 5.75 Å². The van der Waals surface area contributed by atoms with Gasteiger partial charge in [0.1, 0.15) is 5.75 Å². The Labute approximate surface area is 206 Å². The highest BCUT2D eigenvalue weighted by Crippen LogP contribution is 2.28. The zero-order valence-electron chi connectivity index (χ0n) is 19.8. The fraction of sp³-hybridized carbons (Fsp3) is 0.708. The van der Waals surface area contributed by atoms with Crippen LogP contribution in [0.5, 0.6) is 5.75 Å². The second kappa shape index (κ2) is 13.5. The number of rotatable bonds is 8. The number of aryl methyl sites for hydroxylation is 1. The van der Waals surface area contributed by atoms with Crippen molar-refractivity contribution in [3.63, 3.8) is 0 Å². The lowest BCUT2D eigenvalue weighted by Crippen LogP contribution is -2.52. The summed E-state index contributed by atoms with van der Waals surface area (Å²) >= 11 is 0. The number of piperazine rings is 1. The van der Waals surface area contributed by atoms with Gasteiger partial charge in [-0.05, 0) is 65.1 Å². The highest BCUT2D eigenvalue weighted by molar-refractivity contribution is 14.0. The Morgan fingerprint density at radius 3 is 2.55 bits per heavy atom. The van der Waals surface area contributed by atoms with Crippen LogP contribution in [0.1, 0.15) is 50.7 Å². The van der Waals surface area contributed by atoms with Gasteiger partial charge < -0.3 is 20.3 Å². The molecule has 7 heteroatoms. The number of likely N-dealkylation sites (N-methyl/N-ethyl adjacent to an activating group) is 1. The first-order valence-electron chi connectivity index (χ1n) is 11.8. The van der Waals surface area contributed by atoms with Gasteiger partial charge in [-0.15, -0.1) is 24.0 Å². The van der Waals surface area contributed by atoms with E-state index in [0.29, 0.717) is 18.7 Å². The fourth-order valence-corrected chi connectivity index (χ4v) is 4.23. The molecule has 0 aromatic heterocycles. The van der Waals surface area contributed by atoms with Gasteiger partial charge in [-0.2, -0.15) is 0 Å². The van der Waals surface area contributed by atoms with E-state index in [4.69, 9.17) is 9.73 Å². The van der Waals surface area contributed by atoms with E-state index >= 15 is 0 Å². The minimum Gasteiger partial charge on any atom is -0.490 e. The molecule has 1 unspecified atom stereocenters. The molecule has 0 spiro atoms. The van der Waals surface area contributed by atoms with Crippen molar-refractivity contribution in [2.45, 2.75) is 65.1 Å². The molecule has 1 aliphatic heterocycles. The zero-order valence-corrected chi connectivity index (χ0v) is 22.2. The second-order valence-electron chi connectivity index (χ2n) is 8.90. The first-order valence-corrected chi connectivity index (χ1v) is 11.8. The number of aliphatic imine (C=N–C) groups is 1. The van der Waals surface area contributed by atoms with E-state index in [2.05, 4.69) is 66.5 Å². The first-order chi connectivity index (χ1) is 14.5. The van der Waals surface area contributed by atoms with Gasteiger partial charge in [0.2, 0.25) is 0 Å². The summed E-state index contributed by atoms with van der Waals surface area (Å²) in [6.07, 6.45) is 5.27. The van der Waals surface area contributed by atoms with Crippen LogP contribution in [0.2, 0.25) is 0 Å². The SMILES string of the molecule is CCNC(=NCc1ccc(C)cc1OC1CCCC1)NCC(C)N1CCN(C)CC1.I. The molecule has 1 heterocycles. The quantitative estimate of drug-likeness (QED) is 0.298. The molecule has 1 aromatic carbocycles. The molecule has 1 aromatic rings. The van der Waals surface area contributed by atoms with Crippen molar-refractivity contribution in [2.75, 3.05) is 46.3 Å². The lowest BCUT2D eigenvalue weighted by molar-refractivity contribution is 0.120. The molecule has 0 bridgehead atoms. The van der Waals surface area contributed by atoms with Crippen LogP contribution in [0.4, 0.5) is 0 Å². The summed E-state index contributed by atoms with van der Waals surface area (Å²) in [5.74, 6) is 1.89. The number of guanidine groups is 1. The Bertz CT molecular complexity index is 685. The average Bonchev–Trinajstić information content (AvgIpc) is 3.24. The summed E-state index contributed by atoms with van der Waals surface area (Å²) in [6.45, 7) is 13.5. The average molecular weight is 544 g/mol. The van der Waals surface area contributed by atoms with E-state index in [9.17, 15) is 0 Å². The Kier molecular flexibility index (Phi) is 11.4. The van der Waals surface area contributed by atoms with Crippen LogP contribution in [0.25, 0.3) is 0 Å². The normalized spacial score (nSPS) is 19.7. The minimum absolute atomic E-state index is 0. The summed E-state index contributed by atoms with van der Waals surface area (Å²) in [4.78, 5) is 9.82. The highest BCUT2D eigenvalue weighted by atomic mass is 127. The largest absolute Gasteiger partial charge is 0.490 e. The third kappa shape index (κ3) is 8.42. The van der Waals surface area contributed by atoms with Gasteiger partial charge >= 0.3 is 0 Å². The van der Waals surface area contributed by atoms with Gasteiger partial charge in [-0.25, -0.2) is 4.99 Å². The predicted molar refractivity (Wildman–Crippen MR) is 141 cm³/mol. The van der Waals surface area contributed by atoms with Crippen molar-refractivity contribution >= 4 is 29.9 Å². The topological polar surface area (TPSA) is 52.1 Å². The van der Waals surface area contributed by atoms with Gasteiger partial charge in [0, 0.05) is 50.9 Å². The second-order valence-corrected chi connectivity index (χ2v) is 8.90. The number of halogens is 1. The van der Waals surface area contributed by atoms with Crippen LogP contribution >= 0.6 is 24.0 Å². The smallest absolute Gasteiger partial charge is 0.191 e. The monoisotopic (exact) mass is 543 g/mol. The summed E-state index contributed by atoms with van der Waals surface area (Å²) in [6, 6.07) is 6.98. The van der Waals surface area contributed by atoms with Gasteiger partial charge in [-0.3, -0.25) is 4.90 Å². The maximum atomic E-state index is 6.35. The third-order valence-corrected chi connectivity index (χ3v) is 6.30. The molecule has 6 nitrogen and oxygen atoms in total. The van der Waals surface area contributed by atoms with Crippen LogP contribution in [-0.2, 0) is 6.54 Å². The zero-order chi connectivity index (χ0) is 21.3. The van der Waals surface area contributed by atoms with Gasteiger partial charge in [0.25, 0.3) is 0 Å². The van der Waals surface area contributed by atoms with E-state index in [1.807, 2.05) is 0 Å². The fourth-order valence-electron chi connectivity index (χ4n) is 4.23. The molecule has 1 saturated carbocycles. The molecule has 2 aliphatic rings. The van der Waals surface area contributed by atoms with E-state index in [1.165, 1.54) is 31.2 Å². The van der Waals surface area contributed by atoms with Gasteiger partial charge in [0.05, 0.1) is 12.6 Å². The summed E-state index contributed by atoms with van der Waals surface area (Å²) in [7, 11) is 2.20. The first kappa shape index (κ1) is 26.2. The summed E-state index contributed by atoms with van der Waals surface area (Å²) < 4.78 is 6.35. The standard InChI is InChI=1S/C24H41N5O.HI/c1-5-25-24(26-17-20(3)29-14-12-28(4)13-15-29)27-18-21-11-10-19(2)16-23(21)30-22-8-6-7-9-22;/h10-11,16,20,22H,5-9,12-15,17-18H2,1-4H3,(H2,25,26,27);1H. The van der Waals surface area contributed by atoms with E-state index in [1.54, 1.807) is 0 Å². The van der Waals surface area contributed by atoms with Crippen molar-refractivity contribution in [1.82, 2.24) is 20.4 Å². The number of benzene rings is 1. The van der Waals surface area contributed by atoms with E-state index < -0.39 is 0 Å². The molecule has 2 fully saturated rings. The van der Waals surface area contributed by atoms with Gasteiger partial charge in [0.15, 0.2) is 5.96 Å². The molecule has 31 heavy (non-hydrogen) atoms. The Balaban J connectivity index is 0.00000341. The van der Waals surface area contributed by atoms with Crippen LogP contribution in [0.15, 0.2) is 23.2 Å². The molecule has 0 radical (unpaired) electrons. The van der Waals surface area contributed by atoms with Crippen molar-refractivity contribution in [2.24, 2.45) is 4.99 Å². The molecule has 2 N–H and O–H groups in total. The molecule has 3 rings (SSSR count).